The van der Waals surface area contributed by atoms with Gasteiger partial charge in [-0.25, -0.2) is 8.42 Å². The second-order valence-electron chi connectivity index (χ2n) is 6.71. The Hall–Kier alpha value is -1.69. The summed E-state index contributed by atoms with van der Waals surface area (Å²) in [5.41, 5.74) is 8.12. The van der Waals surface area contributed by atoms with Crippen molar-refractivity contribution in [3.63, 3.8) is 0 Å². The van der Waals surface area contributed by atoms with Crippen LogP contribution in [0.2, 0.25) is 0 Å². The van der Waals surface area contributed by atoms with E-state index in [9.17, 15) is 8.42 Å². The van der Waals surface area contributed by atoms with Crippen molar-refractivity contribution in [2.75, 3.05) is 6.54 Å². The Morgan fingerprint density at radius 1 is 1.09 bits per heavy atom. The lowest BCUT2D eigenvalue weighted by Gasteiger charge is -2.30. The first kappa shape index (κ1) is 14.9. The Morgan fingerprint density at radius 2 is 1.74 bits per heavy atom. The van der Waals surface area contributed by atoms with Crippen LogP contribution in [0.1, 0.15) is 23.6 Å². The molecule has 2 aromatic rings. The summed E-state index contributed by atoms with van der Waals surface area (Å²) in [7, 11) is -3.54. The minimum atomic E-state index is -3.54. The average Bonchev–Trinajstić information content (AvgIpc) is 3.09. The first-order valence-corrected chi connectivity index (χ1v) is 9.29. The molecule has 1 saturated heterocycles. The molecule has 3 atom stereocenters. The lowest BCUT2D eigenvalue weighted by molar-refractivity contribution is 0.333. The van der Waals surface area contributed by atoms with Gasteiger partial charge in [-0.15, -0.1) is 0 Å². The van der Waals surface area contributed by atoms with E-state index >= 15 is 0 Å². The molecule has 2 aliphatic rings. The molecule has 4 rings (SSSR count). The predicted octanol–water partition coefficient (Wildman–Crippen LogP) is 2.46. The summed E-state index contributed by atoms with van der Waals surface area (Å²) in [4.78, 5) is 0.342. The van der Waals surface area contributed by atoms with Gasteiger partial charge < -0.3 is 5.73 Å². The van der Waals surface area contributed by atoms with Crippen LogP contribution in [0.5, 0.6) is 0 Å². The Bertz CT molecular complexity index is 833. The molecule has 0 radical (unpaired) electrons. The smallest absolute Gasteiger partial charge is 0.243 e. The number of fused-ring (bicyclic) bond motifs is 1. The minimum Gasteiger partial charge on any atom is -0.323 e. The SMILES string of the molecule is Cc1ccc(S(=O)(=O)N2CC3CC3(N)C2c2ccccc2)cc1. The molecule has 2 fully saturated rings. The Morgan fingerprint density at radius 3 is 2.39 bits per heavy atom. The van der Waals surface area contributed by atoms with Crippen molar-refractivity contribution < 1.29 is 8.42 Å². The third-order valence-electron chi connectivity index (χ3n) is 5.14. The third-order valence-corrected chi connectivity index (χ3v) is 6.99. The van der Waals surface area contributed by atoms with E-state index < -0.39 is 15.6 Å². The van der Waals surface area contributed by atoms with Crippen molar-refractivity contribution in [1.29, 1.82) is 0 Å². The highest BCUT2D eigenvalue weighted by Crippen LogP contribution is 2.59. The fraction of sp³-hybridized carbons (Fsp3) is 0.333. The molecule has 1 heterocycles. The van der Waals surface area contributed by atoms with Crippen LogP contribution in [-0.2, 0) is 10.0 Å². The molecule has 5 heteroatoms. The van der Waals surface area contributed by atoms with Gasteiger partial charge in [0.05, 0.1) is 10.9 Å². The average molecular weight is 328 g/mol. The Labute approximate surface area is 137 Å². The number of piperidine rings is 1. The topological polar surface area (TPSA) is 63.4 Å². The summed E-state index contributed by atoms with van der Waals surface area (Å²) in [6.45, 7) is 2.45. The zero-order chi connectivity index (χ0) is 16.2. The fourth-order valence-electron chi connectivity index (χ4n) is 3.72. The summed E-state index contributed by atoms with van der Waals surface area (Å²) in [5.74, 6) is 0.257. The summed E-state index contributed by atoms with van der Waals surface area (Å²) in [5, 5.41) is 0. The zero-order valence-corrected chi connectivity index (χ0v) is 13.8. The van der Waals surface area contributed by atoms with Crippen LogP contribution in [0, 0.1) is 12.8 Å². The van der Waals surface area contributed by atoms with E-state index in [1.54, 1.807) is 16.4 Å². The van der Waals surface area contributed by atoms with E-state index in [0.717, 1.165) is 17.5 Å². The van der Waals surface area contributed by atoms with Crippen molar-refractivity contribution in [1.82, 2.24) is 4.31 Å². The number of nitrogens with zero attached hydrogens (tertiary/aromatic N) is 1. The van der Waals surface area contributed by atoms with Gasteiger partial charge in [-0.2, -0.15) is 4.31 Å². The lowest BCUT2D eigenvalue weighted by Crippen LogP contribution is -2.40. The van der Waals surface area contributed by atoms with Gasteiger partial charge in [-0.05, 0) is 37.0 Å². The molecule has 120 valence electrons. The highest BCUT2D eigenvalue weighted by Gasteiger charge is 2.66. The molecule has 1 aliphatic heterocycles. The Kier molecular flexibility index (Phi) is 3.17. The number of nitrogens with two attached hydrogens (primary N) is 1. The first-order chi connectivity index (χ1) is 10.9. The van der Waals surface area contributed by atoms with Crippen LogP contribution in [0.25, 0.3) is 0 Å². The summed E-state index contributed by atoms with van der Waals surface area (Å²) >= 11 is 0. The van der Waals surface area contributed by atoms with E-state index in [2.05, 4.69) is 0 Å². The van der Waals surface area contributed by atoms with Gasteiger partial charge in [0.2, 0.25) is 10.0 Å². The minimum absolute atomic E-state index is 0.257. The van der Waals surface area contributed by atoms with Crippen molar-refractivity contribution >= 4 is 10.0 Å². The molecule has 2 N–H and O–H groups in total. The van der Waals surface area contributed by atoms with E-state index in [4.69, 9.17) is 5.73 Å². The van der Waals surface area contributed by atoms with E-state index in [1.165, 1.54) is 0 Å². The van der Waals surface area contributed by atoms with Crippen LogP contribution in [0.3, 0.4) is 0 Å². The molecule has 1 saturated carbocycles. The molecule has 23 heavy (non-hydrogen) atoms. The second-order valence-corrected chi connectivity index (χ2v) is 8.60. The maximum Gasteiger partial charge on any atom is 0.243 e. The van der Waals surface area contributed by atoms with Crippen LogP contribution in [-0.4, -0.2) is 24.8 Å². The number of rotatable bonds is 3. The van der Waals surface area contributed by atoms with E-state index in [-0.39, 0.29) is 12.0 Å². The highest BCUT2D eigenvalue weighted by molar-refractivity contribution is 7.89. The van der Waals surface area contributed by atoms with Crippen molar-refractivity contribution in [2.24, 2.45) is 11.7 Å². The predicted molar refractivity (Wildman–Crippen MR) is 89.3 cm³/mol. The number of hydrogen-bond donors (Lipinski definition) is 1. The van der Waals surface area contributed by atoms with E-state index in [0.29, 0.717) is 11.4 Å². The molecule has 4 nitrogen and oxygen atoms in total. The first-order valence-electron chi connectivity index (χ1n) is 7.85. The molecular weight excluding hydrogens is 308 g/mol. The van der Waals surface area contributed by atoms with Crippen LogP contribution < -0.4 is 5.73 Å². The number of sulfonamides is 1. The Balaban J connectivity index is 1.77. The monoisotopic (exact) mass is 328 g/mol. The molecule has 0 spiro atoms. The molecule has 0 bridgehead atoms. The fourth-order valence-corrected chi connectivity index (χ4v) is 5.44. The molecule has 0 aromatic heterocycles. The van der Waals surface area contributed by atoms with Crippen LogP contribution in [0.4, 0.5) is 0 Å². The largest absolute Gasteiger partial charge is 0.323 e. The molecular formula is C18H20N2O2S. The maximum atomic E-state index is 13.1. The summed E-state index contributed by atoms with van der Waals surface area (Å²) in [6, 6.07) is 16.5. The van der Waals surface area contributed by atoms with Gasteiger partial charge in [-0.3, -0.25) is 0 Å². The van der Waals surface area contributed by atoms with Gasteiger partial charge in [0, 0.05) is 12.1 Å². The zero-order valence-electron chi connectivity index (χ0n) is 13.0. The van der Waals surface area contributed by atoms with Gasteiger partial charge >= 0.3 is 0 Å². The third kappa shape index (κ3) is 2.23. The normalized spacial score (nSPS) is 30.2. The molecule has 1 aliphatic carbocycles. The van der Waals surface area contributed by atoms with Crippen LogP contribution >= 0.6 is 0 Å². The number of hydrogen-bond acceptors (Lipinski definition) is 3. The highest BCUT2D eigenvalue weighted by atomic mass is 32.2. The lowest BCUT2D eigenvalue weighted by atomic mass is 9.99. The van der Waals surface area contributed by atoms with Gasteiger partial charge in [0.15, 0.2) is 0 Å². The van der Waals surface area contributed by atoms with Crippen molar-refractivity contribution in [3.05, 3.63) is 65.7 Å². The van der Waals surface area contributed by atoms with Gasteiger partial charge in [-0.1, -0.05) is 48.0 Å². The molecule has 0 amide bonds. The second kappa shape index (κ2) is 4.90. The quantitative estimate of drug-likeness (QED) is 0.941. The standard InChI is InChI=1S/C18H20N2O2S/c1-13-7-9-16(10-8-13)23(21,22)20-12-15-11-18(15,19)17(20)14-5-3-2-4-6-14/h2-10,15,17H,11-12,19H2,1H3. The number of benzene rings is 2. The van der Waals surface area contributed by atoms with Crippen molar-refractivity contribution in [3.8, 4) is 0 Å². The van der Waals surface area contributed by atoms with Crippen molar-refractivity contribution in [2.45, 2.75) is 29.8 Å². The van der Waals surface area contributed by atoms with E-state index in [1.807, 2.05) is 49.4 Å². The maximum absolute atomic E-state index is 13.1. The molecule has 2 aromatic carbocycles. The van der Waals surface area contributed by atoms with Crippen LogP contribution in [0.15, 0.2) is 59.5 Å². The van der Waals surface area contributed by atoms with Gasteiger partial charge in [0.1, 0.15) is 0 Å². The molecule has 3 unspecified atom stereocenters. The summed E-state index contributed by atoms with van der Waals surface area (Å²) < 4.78 is 27.8. The number of aryl methyl sites for hydroxylation is 1. The summed E-state index contributed by atoms with van der Waals surface area (Å²) in [6.07, 6.45) is 0.895. The van der Waals surface area contributed by atoms with Gasteiger partial charge in [0.25, 0.3) is 0 Å².